The molecule has 5 nitrogen and oxygen atoms in total. The predicted octanol–water partition coefficient (Wildman–Crippen LogP) is 3.99. The van der Waals surface area contributed by atoms with Gasteiger partial charge in [-0.3, -0.25) is 4.68 Å². The molecule has 0 saturated heterocycles. The smallest absolute Gasteiger partial charge is 0.244 e. The van der Waals surface area contributed by atoms with Gasteiger partial charge in [0, 0.05) is 18.3 Å². The van der Waals surface area contributed by atoms with Gasteiger partial charge in [0.25, 0.3) is 0 Å². The maximum Gasteiger partial charge on any atom is 0.244 e. The van der Waals surface area contributed by atoms with Gasteiger partial charge in [0.2, 0.25) is 10.0 Å². The third kappa shape index (κ3) is 4.30. The van der Waals surface area contributed by atoms with Crippen LogP contribution in [0, 0.1) is 5.92 Å². The number of hydrogen-bond donors (Lipinski definition) is 1. The Morgan fingerprint density at radius 1 is 1.20 bits per heavy atom. The summed E-state index contributed by atoms with van der Waals surface area (Å²) >= 11 is 0. The van der Waals surface area contributed by atoms with Crippen molar-refractivity contribution < 1.29 is 8.42 Å². The van der Waals surface area contributed by atoms with E-state index in [1.54, 1.807) is 6.20 Å². The number of sulfonamides is 1. The highest BCUT2D eigenvalue weighted by atomic mass is 32.2. The van der Waals surface area contributed by atoms with Crippen LogP contribution in [-0.4, -0.2) is 24.7 Å². The zero-order valence-electron chi connectivity index (χ0n) is 15.0. The molecule has 2 aromatic rings. The molecule has 1 saturated carbocycles. The van der Waals surface area contributed by atoms with Crippen LogP contribution < -0.4 is 4.72 Å². The van der Waals surface area contributed by atoms with Gasteiger partial charge in [0.15, 0.2) is 0 Å². The van der Waals surface area contributed by atoms with Crippen molar-refractivity contribution >= 4 is 10.0 Å². The van der Waals surface area contributed by atoms with E-state index in [0.717, 1.165) is 24.8 Å². The van der Waals surface area contributed by atoms with E-state index in [4.69, 9.17) is 0 Å². The second-order valence-corrected chi connectivity index (χ2v) is 8.94. The second-order valence-electron chi connectivity index (χ2n) is 7.21. The molecule has 1 N–H and O–H groups in total. The van der Waals surface area contributed by atoms with Gasteiger partial charge in [0.1, 0.15) is 10.6 Å². The lowest BCUT2D eigenvalue weighted by Crippen LogP contribution is -2.25. The van der Waals surface area contributed by atoms with Gasteiger partial charge < -0.3 is 0 Å². The summed E-state index contributed by atoms with van der Waals surface area (Å²) in [6, 6.07) is 9.87. The van der Waals surface area contributed by atoms with Crippen molar-refractivity contribution in [3.8, 4) is 11.3 Å². The summed E-state index contributed by atoms with van der Waals surface area (Å²) in [6.45, 7) is 4.62. The van der Waals surface area contributed by atoms with E-state index in [0.29, 0.717) is 24.2 Å². The van der Waals surface area contributed by atoms with E-state index in [-0.39, 0.29) is 4.90 Å². The molecule has 1 heterocycles. The van der Waals surface area contributed by atoms with E-state index in [1.165, 1.54) is 12.8 Å². The highest BCUT2D eigenvalue weighted by Gasteiger charge is 2.26. The van der Waals surface area contributed by atoms with Gasteiger partial charge in [-0.2, -0.15) is 5.10 Å². The summed E-state index contributed by atoms with van der Waals surface area (Å²) in [5.41, 5.74) is 1.38. The molecule has 0 radical (unpaired) electrons. The van der Waals surface area contributed by atoms with Crippen LogP contribution in [0.3, 0.4) is 0 Å². The number of rotatable bonds is 7. The molecule has 3 rings (SSSR count). The van der Waals surface area contributed by atoms with Gasteiger partial charge in [-0.25, -0.2) is 13.1 Å². The van der Waals surface area contributed by atoms with Crippen molar-refractivity contribution in [1.82, 2.24) is 14.5 Å². The molecule has 6 heteroatoms. The van der Waals surface area contributed by atoms with Crippen LogP contribution in [0.4, 0.5) is 0 Å². The van der Waals surface area contributed by atoms with E-state index in [2.05, 4.69) is 23.7 Å². The summed E-state index contributed by atoms with van der Waals surface area (Å²) in [5.74, 6) is 0.456. The van der Waals surface area contributed by atoms with Gasteiger partial charge >= 0.3 is 0 Å². The first-order chi connectivity index (χ1) is 12.0. The monoisotopic (exact) mass is 361 g/mol. The molecule has 0 atom stereocenters. The molecule has 1 aliphatic rings. The average Bonchev–Trinajstić information content (AvgIpc) is 3.25. The van der Waals surface area contributed by atoms with Crippen LogP contribution in [0.2, 0.25) is 0 Å². The van der Waals surface area contributed by atoms with Crippen LogP contribution in [-0.2, 0) is 10.0 Å². The van der Waals surface area contributed by atoms with Gasteiger partial charge in [-0.15, -0.1) is 0 Å². The molecule has 1 aromatic heterocycles. The Bertz CT molecular complexity index is 791. The molecule has 0 amide bonds. The molecular formula is C19H27N3O2S. The fourth-order valence-corrected chi connectivity index (χ4v) is 4.49. The number of hydrogen-bond acceptors (Lipinski definition) is 3. The zero-order chi connectivity index (χ0) is 17.9. The minimum Gasteiger partial charge on any atom is -0.268 e. The number of aromatic nitrogens is 2. The van der Waals surface area contributed by atoms with Crippen molar-refractivity contribution in [3.63, 3.8) is 0 Å². The standard InChI is InChI=1S/C19H27N3O2S/c1-15(2)12-13-20-25(23,24)18-14-22(17-10-6-7-11-17)21-19(18)16-8-4-3-5-9-16/h3-5,8-9,14-15,17,20H,6-7,10-13H2,1-2H3. The van der Waals surface area contributed by atoms with E-state index in [9.17, 15) is 8.42 Å². The molecule has 1 aromatic carbocycles. The summed E-state index contributed by atoms with van der Waals surface area (Å²) in [4.78, 5) is 0.286. The van der Waals surface area contributed by atoms with E-state index >= 15 is 0 Å². The molecule has 0 aliphatic heterocycles. The Balaban J connectivity index is 1.95. The first-order valence-corrected chi connectivity index (χ1v) is 10.6. The third-order valence-electron chi connectivity index (χ3n) is 4.75. The lowest BCUT2D eigenvalue weighted by atomic mass is 10.1. The quantitative estimate of drug-likeness (QED) is 0.811. The van der Waals surface area contributed by atoms with Gasteiger partial charge in [-0.1, -0.05) is 57.0 Å². The predicted molar refractivity (Wildman–Crippen MR) is 99.8 cm³/mol. The van der Waals surface area contributed by atoms with Crippen molar-refractivity contribution in [2.75, 3.05) is 6.54 Å². The van der Waals surface area contributed by atoms with Crippen molar-refractivity contribution in [2.24, 2.45) is 5.92 Å². The Morgan fingerprint density at radius 2 is 1.88 bits per heavy atom. The van der Waals surface area contributed by atoms with Crippen LogP contribution in [0.5, 0.6) is 0 Å². The minimum atomic E-state index is -3.58. The minimum absolute atomic E-state index is 0.286. The Labute approximate surface area is 150 Å². The number of benzene rings is 1. The topological polar surface area (TPSA) is 64.0 Å². The number of nitrogens with zero attached hydrogens (tertiary/aromatic N) is 2. The van der Waals surface area contributed by atoms with Crippen LogP contribution in [0.1, 0.15) is 52.0 Å². The molecular weight excluding hydrogens is 334 g/mol. The first kappa shape index (κ1) is 18.1. The molecule has 0 unspecified atom stereocenters. The van der Waals surface area contributed by atoms with Gasteiger partial charge in [0.05, 0.1) is 6.04 Å². The third-order valence-corrected chi connectivity index (χ3v) is 6.21. The molecule has 25 heavy (non-hydrogen) atoms. The SMILES string of the molecule is CC(C)CCNS(=O)(=O)c1cn(C2CCCC2)nc1-c1ccccc1. The summed E-state index contributed by atoms with van der Waals surface area (Å²) in [5, 5.41) is 4.67. The Morgan fingerprint density at radius 3 is 2.52 bits per heavy atom. The number of nitrogens with one attached hydrogen (secondary N) is 1. The van der Waals surface area contributed by atoms with Crippen molar-refractivity contribution in [1.29, 1.82) is 0 Å². The van der Waals surface area contributed by atoms with Crippen LogP contribution in [0.15, 0.2) is 41.4 Å². The van der Waals surface area contributed by atoms with Crippen molar-refractivity contribution in [3.05, 3.63) is 36.5 Å². The second kappa shape index (κ2) is 7.70. The van der Waals surface area contributed by atoms with Gasteiger partial charge in [-0.05, 0) is 25.2 Å². The normalized spacial score (nSPS) is 16.0. The van der Waals surface area contributed by atoms with E-state index in [1.807, 2.05) is 35.0 Å². The molecule has 1 fully saturated rings. The van der Waals surface area contributed by atoms with Crippen LogP contribution in [0.25, 0.3) is 11.3 Å². The maximum absolute atomic E-state index is 12.9. The molecule has 136 valence electrons. The summed E-state index contributed by atoms with van der Waals surface area (Å²) < 4.78 is 30.4. The largest absolute Gasteiger partial charge is 0.268 e. The average molecular weight is 362 g/mol. The molecule has 0 spiro atoms. The first-order valence-electron chi connectivity index (χ1n) is 9.11. The summed E-state index contributed by atoms with van der Waals surface area (Å²) in [6.07, 6.45) is 7.03. The lowest BCUT2D eigenvalue weighted by Gasteiger charge is -2.09. The zero-order valence-corrected chi connectivity index (χ0v) is 15.8. The van der Waals surface area contributed by atoms with Crippen molar-refractivity contribution in [2.45, 2.75) is 56.9 Å². The highest BCUT2D eigenvalue weighted by Crippen LogP contribution is 2.33. The molecule has 1 aliphatic carbocycles. The highest BCUT2D eigenvalue weighted by molar-refractivity contribution is 7.89. The fraction of sp³-hybridized carbons (Fsp3) is 0.526. The Kier molecular flexibility index (Phi) is 5.59. The lowest BCUT2D eigenvalue weighted by molar-refractivity contribution is 0.467. The maximum atomic E-state index is 12.9. The molecule has 0 bridgehead atoms. The summed E-state index contributed by atoms with van der Waals surface area (Å²) in [7, 11) is -3.58. The van der Waals surface area contributed by atoms with E-state index < -0.39 is 10.0 Å². The van der Waals surface area contributed by atoms with Crippen LogP contribution >= 0.6 is 0 Å². The Hall–Kier alpha value is -1.66. The fourth-order valence-electron chi connectivity index (χ4n) is 3.28.